The second-order valence-electron chi connectivity index (χ2n) is 2.72. The molecule has 0 aliphatic rings. The molecule has 0 aliphatic carbocycles. The number of rotatable bonds is 5. The number of carbonyl (C=O) groups is 1. The van der Waals surface area contributed by atoms with Crippen LogP contribution < -0.4 is 10.4 Å². The summed E-state index contributed by atoms with van der Waals surface area (Å²) in [5, 5.41) is 8.64. The predicted molar refractivity (Wildman–Crippen MR) is 62.0 cm³/mol. The number of carboxylic acids is 1. The highest BCUT2D eigenvalue weighted by molar-refractivity contribution is 14.1. The molecule has 7 heteroatoms. The minimum Gasteiger partial charge on any atom is -0.483 e. The fourth-order valence-corrected chi connectivity index (χ4v) is 1.57. The molecule has 0 saturated heterocycles. The number of hydrogen-bond donors (Lipinski definition) is 1. The van der Waals surface area contributed by atoms with E-state index in [-0.39, 0.29) is 12.4 Å². The Morgan fingerprint density at radius 2 is 2.25 bits per heavy atom. The first-order valence-corrected chi connectivity index (χ1v) is 5.32. The molecular formula is C9H9IO6. The van der Waals surface area contributed by atoms with Gasteiger partial charge < -0.3 is 19.0 Å². The minimum absolute atomic E-state index is 0.00245. The van der Waals surface area contributed by atoms with Crippen molar-refractivity contribution in [2.45, 2.75) is 0 Å². The summed E-state index contributed by atoms with van der Waals surface area (Å²) in [5.74, 6) is -1.70. The van der Waals surface area contributed by atoms with E-state index in [0.29, 0.717) is 10.2 Å². The zero-order valence-electron chi connectivity index (χ0n) is 8.36. The van der Waals surface area contributed by atoms with Gasteiger partial charge in [-0.1, -0.05) is 0 Å². The van der Waals surface area contributed by atoms with Crippen LogP contribution in [0.3, 0.4) is 0 Å². The van der Waals surface area contributed by atoms with Crippen LogP contribution in [-0.4, -0.2) is 31.4 Å². The second-order valence-corrected chi connectivity index (χ2v) is 3.88. The summed E-state index contributed by atoms with van der Waals surface area (Å²) in [6.07, 6.45) is 0. The largest absolute Gasteiger partial charge is 0.483 e. The summed E-state index contributed by atoms with van der Waals surface area (Å²) in [4.78, 5) is 21.9. The normalized spacial score (nSPS) is 10.1. The first-order chi connectivity index (χ1) is 7.56. The molecule has 1 aromatic rings. The molecule has 88 valence electrons. The summed E-state index contributed by atoms with van der Waals surface area (Å²) < 4.78 is 14.8. The Morgan fingerprint density at radius 3 is 2.75 bits per heavy atom. The number of halogens is 1. The van der Waals surface area contributed by atoms with Crippen molar-refractivity contribution in [2.24, 2.45) is 0 Å². The smallest absolute Gasteiger partial charge is 0.380 e. The lowest BCUT2D eigenvalue weighted by molar-refractivity contribution is 0.0655. The number of carboxylic acid groups (broad SMARTS) is 1. The molecular weight excluding hydrogens is 331 g/mol. The lowest BCUT2D eigenvalue weighted by Crippen LogP contribution is -2.15. The lowest BCUT2D eigenvalue weighted by Gasteiger charge is -2.05. The molecule has 0 amide bonds. The van der Waals surface area contributed by atoms with Gasteiger partial charge in [-0.3, -0.25) is 0 Å². The van der Waals surface area contributed by atoms with E-state index in [9.17, 15) is 9.59 Å². The molecule has 1 heterocycles. The lowest BCUT2D eigenvalue weighted by atomic mass is 10.4. The number of aromatic carboxylic acids is 1. The molecule has 16 heavy (non-hydrogen) atoms. The molecule has 0 atom stereocenters. The maximum atomic E-state index is 11.4. The van der Waals surface area contributed by atoms with Crippen molar-refractivity contribution in [1.82, 2.24) is 0 Å². The van der Waals surface area contributed by atoms with Crippen molar-refractivity contribution in [3.63, 3.8) is 0 Å². The van der Waals surface area contributed by atoms with Crippen molar-refractivity contribution in [1.29, 1.82) is 0 Å². The van der Waals surface area contributed by atoms with Crippen molar-refractivity contribution < 1.29 is 23.8 Å². The Kier molecular flexibility index (Phi) is 4.74. The third-order valence-corrected chi connectivity index (χ3v) is 2.41. The van der Waals surface area contributed by atoms with Crippen LogP contribution >= 0.6 is 22.6 Å². The van der Waals surface area contributed by atoms with Gasteiger partial charge in [0.15, 0.2) is 0 Å². The predicted octanol–water partition coefficient (Wildman–Crippen LogP) is 0.968. The van der Waals surface area contributed by atoms with Crippen molar-refractivity contribution in [3.8, 4) is 5.75 Å². The van der Waals surface area contributed by atoms with Gasteiger partial charge in [0.2, 0.25) is 11.5 Å². The highest BCUT2D eigenvalue weighted by Crippen LogP contribution is 2.17. The molecule has 0 saturated carbocycles. The Bertz CT molecular complexity index is 438. The van der Waals surface area contributed by atoms with Gasteiger partial charge in [-0.25, -0.2) is 9.59 Å². The van der Waals surface area contributed by atoms with Gasteiger partial charge in [0.25, 0.3) is 0 Å². The van der Waals surface area contributed by atoms with Crippen LogP contribution in [0.15, 0.2) is 15.3 Å². The second kappa shape index (κ2) is 5.85. The van der Waals surface area contributed by atoms with E-state index in [2.05, 4.69) is 4.42 Å². The minimum atomic E-state index is -1.29. The Morgan fingerprint density at radius 1 is 1.56 bits per heavy atom. The van der Waals surface area contributed by atoms with Gasteiger partial charge in [0, 0.05) is 13.2 Å². The third-order valence-electron chi connectivity index (χ3n) is 1.61. The first kappa shape index (κ1) is 13.0. The maximum absolute atomic E-state index is 11.4. The van der Waals surface area contributed by atoms with Crippen LogP contribution in [0, 0.1) is 3.57 Å². The fraction of sp³-hybridized carbons (Fsp3) is 0.333. The summed E-state index contributed by atoms with van der Waals surface area (Å²) in [7, 11) is 1.50. The molecule has 0 aromatic carbocycles. The SMILES string of the molecule is COCCOc1c(I)cc(C(=O)O)oc1=O. The van der Waals surface area contributed by atoms with Crippen LogP contribution in [0.4, 0.5) is 0 Å². The summed E-state index contributed by atoms with van der Waals surface area (Å²) in [6, 6.07) is 1.23. The van der Waals surface area contributed by atoms with Gasteiger partial charge in [-0.2, -0.15) is 0 Å². The van der Waals surface area contributed by atoms with Crippen LogP contribution in [0.5, 0.6) is 5.75 Å². The third kappa shape index (κ3) is 3.20. The first-order valence-electron chi connectivity index (χ1n) is 4.25. The highest BCUT2D eigenvalue weighted by atomic mass is 127. The van der Waals surface area contributed by atoms with E-state index in [1.165, 1.54) is 13.2 Å². The van der Waals surface area contributed by atoms with Gasteiger partial charge in [0.05, 0.1) is 10.2 Å². The molecule has 1 rings (SSSR count). The Balaban J connectivity index is 2.94. The molecule has 0 spiro atoms. The maximum Gasteiger partial charge on any atom is 0.380 e. The number of ether oxygens (including phenoxy) is 2. The number of hydrogen-bond acceptors (Lipinski definition) is 5. The van der Waals surface area contributed by atoms with E-state index in [1.807, 2.05) is 22.6 Å². The molecule has 0 bridgehead atoms. The van der Waals surface area contributed by atoms with E-state index in [0.717, 1.165) is 0 Å². The van der Waals surface area contributed by atoms with Crippen molar-refractivity contribution in [3.05, 3.63) is 25.8 Å². The molecule has 6 nitrogen and oxygen atoms in total. The average molecular weight is 340 g/mol. The topological polar surface area (TPSA) is 86.0 Å². The van der Waals surface area contributed by atoms with Crippen LogP contribution in [-0.2, 0) is 4.74 Å². The van der Waals surface area contributed by atoms with Crippen LogP contribution in [0.25, 0.3) is 0 Å². The molecule has 1 aromatic heterocycles. The van der Waals surface area contributed by atoms with Gasteiger partial charge >= 0.3 is 11.6 Å². The van der Waals surface area contributed by atoms with Gasteiger partial charge in [-0.05, 0) is 22.6 Å². The average Bonchev–Trinajstić information content (AvgIpc) is 2.21. The quantitative estimate of drug-likeness (QED) is 0.635. The fourth-order valence-electron chi connectivity index (χ4n) is 0.914. The van der Waals surface area contributed by atoms with E-state index in [4.69, 9.17) is 14.6 Å². The van der Waals surface area contributed by atoms with E-state index in [1.54, 1.807) is 0 Å². The zero-order valence-corrected chi connectivity index (χ0v) is 10.5. The Labute approximate surface area is 104 Å². The molecule has 0 fully saturated rings. The van der Waals surface area contributed by atoms with Crippen LogP contribution in [0.2, 0.25) is 0 Å². The zero-order chi connectivity index (χ0) is 12.1. The van der Waals surface area contributed by atoms with Crippen molar-refractivity contribution >= 4 is 28.6 Å². The van der Waals surface area contributed by atoms with Crippen LogP contribution in [0.1, 0.15) is 10.6 Å². The summed E-state index contributed by atoms with van der Waals surface area (Å²) in [6.45, 7) is 0.528. The van der Waals surface area contributed by atoms with E-state index >= 15 is 0 Å². The standard InChI is InChI=1S/C9H9IO6/c1-14-2-3-15-7-5(10)4-6(8(11)12)16-9(7)13/h4H,2-3H2,1H3,(H,11,12). The van der Waals surface area contributed by atoms with Gasteiger partial charge in [-0.15, -0.1) is 0 Å². The summed E-state index contributed by atoms with van der Waals surface area (Å²) >= 11 is 1.81. The molecule has 0 radical (unpaired) electrons. The van der Waals surface area contributed by atoms with Gasteiger partial charge in [0.1, 0.15) is 6.61 Å². The van der Waals surface area contributed by atoms with Crippen molar-refractivity contribution in [2.75, 3.05) is 20.3 Å². The molecule has 0 aliphatic heterocycles. The number of methoxy groups -OCH3 is 1. The highest BCUT2D eigenvalue weighted by Gasteiger charge is 2.15. The monoisotopic (exact) mass is 340 g/mol. The molecule has 0 unspecified atom stereocenters. The Hall–Kier alpha value is -1.09. The molecule has 1 N–H and O–H groups in total. The van der Waals surface area contributed by atoms with E-state index < -0.39 is 17.4 Å². The summed E-state index contributed by atoms with van der Waals surface area (Å²) in [5.41, 5.74) is -0.805.